The van der Waals surface area contributed by atoms with Crippen molar-refractivity contribution in [1.29, 1.82) is 0 Å². The molecule has 108 valence electrons. The molecule has 0 spiro atoms. The number of hydrogen-bond acceptors (Lipinski definition) is 3. The Bertz CT molecular complexity index is 471. The van der Waals surface area contributed by atoms with Crippen molar-refractivity contribution in [3.8, 4) is 0 Å². The topological polar surface area (TPSA) is 43.4 Å². The van der Waals surface area contributed by atoms with Crippen molar-refractivity contribution in [2.24, 2.45) is 0 Å². The maximum Gasteiger partial charge on any atom is 0.297 e. The third-order valence-electron chi connectivity index (χ3n) is 2.82. The summed E-state index contributed by atoms with van der Waals surface area (Å²) in [6.07, 6.45) is 6.64. The van der Waals surface area contributed by atoms with Gasteiger partial charge in [-0.2, -0.15) is 8.42 Å². The van der Waals surface area contributed by atoms with Crippen LogP contribution in [-0.2, 0) is 14.3 Å². The SMILES string of the molecule is CCCCCCCCOS(=O)(=O)c1cccc(Br)c1. The minimum Gasteiger partial charge on any atom is -0.266 e. The first-order valence-corrected chi connectivity index (χ1v) is 8.91. The van der Waals surface area contributed by atoms with E-state index in [1.807, 2.05) is 0 Å². The molecule has 5 heteroatoms. The van der Waals surface area contributed by atoms with E-state index < -0.39 is 10.1 Å². The van der Waals surface area contributed by atoms with Gasteiger partial charge in [0.05, 0.1) is 11.5 Å². The molecule has 1 aromatic carbocycles. The summed E-state index contributed by atoms with van der Waals surface area (Å²) in [7, 11) is -3.61. The fourth-order valence-electron chi connectivity index (χ4n) is 1.74. The molecule has 0 saturated heterocycles. The van der Waals surface area contributed by atoms with Gasteiger partial charge in [0.25, 0.3) is 10.1 Å². The van der Waals surface area contributed by atoms with Crippen molar-refractivity contribution in [3.05, 3.63) is 28.7 Å². The molecule has 0 aromatic heterocycles. The molecule has 3 nitrogen and oxygen atoms in total. The molecular formula is C14H21BrO3S. The summed E-state index contributed by atoms with van der Waals surface area (Å²) < 4.78 is 29.5. The van der Waals surface area contributed by atoms with E-state index in [0.29, 0.717) is 0 Å². The highest BCUT2D eigenvalue weighted by Crippen LogP contribution is 2.18. The minimum atomic E-state index is -3.61. The van der Waals surface area contributed by atoms with Crippen molar-refractivity contribution in [3.63, 3.8) is 0 Å². The second-order valence-electron chi connectivity index (χ2n) is 4.50. The third kappa shape index (κ3) is 6.54. The van der Waals surface area contributed by atoms with Crippen LogP contribution in [0.15, 0.2) is 33.6 Å². The fourth-order valence-corrected chi connectivity index (χ4v) is 3.28. The molecule has 0 N–H and O–H groups in total. The Morgan fingerprint density at radius 2 is 1.79 bits per heavy atom. The van der Waals surface area contributed by atoms with Gasteiger partial charge >= 0.3 is 0 Å². The van der Waals surface area contributed by atoms with Crippen LogP contribution in [0.4, 0.5) is 0 Å². The zero-order valence-electron chi connectivity index (χ0n) is 11.3. The molecule has 1 rings (SSSR count). The Labute approximate surface area is 124 Å². The zero-order valence-corrected chi connectivity index (χ0v) is 13.7. The van der Waals surface area contributed by atoms with Crippen LogP contribution >= 0.6 is 15.9 Å². The average Bonchev–Trinajstić information content (AvgIpc) is 2.38. The largest absolute Gasteiger partial charge is 0.297 e. The zero-order chi connectivity index (χ0) is 14.1. The molecule has 0 fully saturated rings. The van der Waals surface area contributed by atoms with E-state index >= 15 is 0 Å². The molecule has 0 aliphatic carbocycles. The lowest BCUT2D eigenvalue weighted by Gasteiger charge is -2.06. The summed E-state index contributed by atoms with van der Waals surface area (Å²) in [5.41, 5.74) is 0. The predicted octanol–water partition coefficient (Wildman–Crippen LogP) is 4.51. The number of benzene rings is 1. The minimum absolute atomic E-state index is 0.202. The van der Waals surface area contributed by atoms with Crippen molar-refractivity contribution < 1.29 is 12.6 Å². The van der Waals surface area contributed by atoms with Crippen LogP contribution in [0.5, 0.6) is 0 Å². The van der Waals surface area contributed by atoms with E-state index in [1.54, 1.807) is 24.3 Å². The molecule has 19 heavy (non-hydrogen) atoms. The molecule has 0 aliphatic heterocycles. The van der Waals surface area contributed by atoms with E-state index in [0.717, 1.165) is 23.7 Å². The predicted molar refractivity (Wildman–Crippen MR) is 80.7 cm³/mol. The monoisotopic (exact) mass is 348 g/mol. The van der Waals surface area contributed by atoms with Crippen LogP contribution in [0.3, 0.4) is 0 Å². The Kier molecular flexibility index (Phi) is 7.64. The van der Waals surface area contributed by atoms with Crippen LogP contribution in [0.25, 0.3) is 0 Å². The molecule has 0 saturated carbocycles. The molecule has 0 atom stereocenters. The van der Waals surface area contributed by atoms with Crippen LogP contribution in [-0.4, -0.2) is 15.0 Å². The van der Waals surface area contributed by atoms with E-state index in [-0.39, 0.29) is 11.5 Å². The van der Waals surface area contributed by atoms with Gasteiger partial charge in [0, 0.05) is 4.47 Å². The Morgan fingerprint density at radius 3 is 2.47 bits per heavy atom. The number of halogens is 1. The molecule has 1 aromatic rings. The normalized spacial score (nSPS) is 11.7. The maximum absolute atomic E-state index is 11.9. The summed E-state index contributed by atoms with van der Waals surface area (Å²) in [5, 5.41) is 0. The first-order valence-electron chi connectivity index (χ1n) is 6.71. The first kappa shape index (κ1) is 16.7. The Balaban J connectivity index is 2.32. The summed E-state index contributed by atoms with van der Waals surface area (Å²) >= 11 is 3.25. The van der Waals surface area contributed by atoms with Crippen molar-refractivity contribution >= 4 is 26.0 Å². The van der Waals surface area contributed by atoms with Gasteiger partial charge in [-0.15, -0.1) is 0 Å². The molecule has 0 unspecified atom stereocenters. The van der Waals surface area contributed by atoms with Gasteiger partial charge in [-0.3, -0.25) is 4.18 Å². The lowest BCUT2D eigenvalue weighted by atomic mass is 10.1. The van der Waals surface area contributed by atoms with E-state index in [9.17, 15) is 8.42 Å². The van der Waals surface area contributed by atoms with Gasteiger partial charge in [-0.25, -0.2) is 0 Å². The Morgan fingerprint density at radius 1 is 1.11 bits per heavy atom. The summed E-state index contributed by atoms with van der Waals surface area (Å²) in [5.74, 6) is 0. The number of unbranched alkanes of at least 4 members (excludes halogenated alkanes) is 5. The summed E-state index contributed by atoms with van der Waals surface area (Å²) in [6, 6.07) is 6.57. The fraction of sp³-hybridized carbons (Fsp3) is 0.571. The van der Waals surface area contributed by atoms with Gasteiger partial charge in [0.2, 0.25) is 0 Å². The summed E-state index contributed by atoms with van der Waals surface area (Å²) in [4.78, 5) is 0.202. The second-order valence-corrected chi connectivity index (χ2v) is 7.03. The van der Waals surface area contributed by atoms with Crippen LogP contribution < -0.4 is 0 Å². The average molecular weight is 349 g/mol. The van der Waals surface area contributed by atoms with Gasteiger partial charge in [0.1, 0.15) is 0 Å². The maximum atomic E-state index is 11.9. The van der Waals surface area contributed by atoms with Crippen LogP contribution in [0, 0.1) is 0 Å². The second kappa shape index (κ2) is 8.72. The third-order valence-corrected chi connectivity index (χ3v) is 4.62. The molecule has 0 aliphatic rings. The van der Waals surface area contributed by atoms with Gasteiger partial charge in [-0.1, -0.05) is 61.0 Å². The summed E-state index contributed by atoms with van der Waals surface area (Å²) in [6.45, 7) is 2.44. The van der Waals surface area contributed by atoms with Gasteiger partial charge in [-0.05, 0) is 24.6 Å². The van der Waals surface area contributed by atoms with Crippen molar-refractivity contribution in [2.75, 3.05) is 6.61 Å². The molecular weight excluding hydrogens is 328 g/mol. The number of hydrogen-bond donors (Lipinski definition) is 0. The lowest BCUT2D eigenvalue weighted by molar-refractivity contribution is 0.306. The smallest absolute Gasteiger partial charge is 0.266 e. The highest BCUT2D eigenvalue weighted by molar-refractivity contribution is 9.10. The first-order chi connectivity index (χ1) is 9.06. The van der Waals surface area contributed by atoms with Gasteiger partial charge < -0.3 is 0 Å². The van der Waals surface area contributed by atoms with Crippen molar-refractivity contribution in [1.82, 2.24) is 0 Å². The quantitative estimate of drug-likeness (QED) is 0.486. The molecule has 0 bridgehead atoms. The standard InChI is InChI=1S/C14H21BrO3S/c1-2-3-4-5-6-7-11-18-19(16,17)14-10-8-9-13(15)12-14/h8-10,12H,2-7,11H2,1H3. The van der Waals surface area contributed by atoms with E-state index in [1.165, 1.54) is 19.3 Å². The van der Waals surface area contributed by atoms with Crippen LogP contribution in [0.1, 0.15) is 45.4 Å². The van der Waals surface area contributed by atoms with E-state index in [4.69, 9.17) is 4.18 Å². The van der Waals surface area contributed by atoms with Crippen molar-refractivity contribution in [2.45, 2.75) is 50.3 Å². The lowest BCUT2D eigenvalue weighted by Crippen LogP contribution is -2.07. The highest BCUT2D eigenvalue weighted by atomic mass is 79.9. The molecule has 0 heterocycles. The van der Waals surface area contributed by atoms with Gasteiger partial charge in [0.15, 0.2) is 0 Å². The molecule has 0 radical (unpaired) electrons. The molecule has 0 amide bonds. The van der Waals surface area contributed by atoms with Crippen LogP contribution in [0.2, 0.25) is 0 Å². The number of rotatable bonds is 9. The van der Waals surface area contributed by atoms with E-state index in [2.05, 4.69) is 22.9 Å². The highest BCUT2D eigenvalue weighted by Gasteiger charge is 2.14. The Hall–Kier alpha value is -0.390.